The van der Waals surface area contributed by atoms with E-state index in [2.05, 4.69) is 12.2 Å². The molecule has 0 bridgehead atoms. The molecule has 0 heterocycles. The number of rotatable bonds is 5. The predicted octanol–water partition coefficient (Wildman–Crippen LogP) is 3.44. The van der Waals surface area contributed by atoms with E-state index in [4.69, 9.17) is 4.74 Å². The quantitative estimate of drug-likeness (QED) is 0.862. The summed E-state index contributed by atoms with van der Waals surface area (Å²) in [7, 11) is 1.67. The van der Waals surface area contributed by atoms with Gasteiger partial charge >= 0.3 is 0 Å². The van der Waals surface area contributed by atoms with Gasteiger partial charge in [0.2, 0.25) is 0 Å². The molecule has 0 radical (unpaired) electrons. The van der Waals surface area contributed by atoms with Gasteiger partial charge in [-0.15, -0.1) is 0 Å². The van der Waals surface area contributed by atoms with Crippen molar-refractivity contribution in [3.63, 3.8) is 0 Å². The minimum Gasteiger partial charge on any atom is -0.508 e. The Morgan fingerprint density at radius 1 is 1.16 bits per heavy atom. The first-order chi connectivity index (χ1) is 9.17. The van der Waals surface area contributed by atoms with Crippen molar-refractivity contribution < 1.29 is 9.84 Å². The second-order valence-electron chi connectivity index (χ2n) is 4.65. The van der Waals surface area contributed by atoms with Crippen LogP contribution in [-0.4, -0.2) is 18.3 Å². The Morgan fingerprint density at radius 2 is 1.89 bits per heavy atom. The molecular formula is C16H19NO2. The van der Waals surface area contributed by atoms with Crippen LogP contribution in [0.1, 0.15) is 12.5 Å². The molecule has 1 unspecified atom stereocenters. The third-order valence-corrected chi connectivity index (χ3v) is 2.96. The number of hydrogen-bond acceptors (Lipinski definition) is 3. The molecule has 100 valence electrons. The molecule has 0 aliphatic rings. The molecule has 0 amide bonds. The molecule has 0 spiro atoms. The van der Waals surface area contributed by atoms with Crippen molar-refractivity contribution in [3.8, 4) is 11.5 Å². The van der Waals surface area contributed by atoms with Gasteiger partial charge in [0.1, 0.15) is 11.5 Å². The van der Waals surface area contributed by atoms with Crippen LogP contribution in [0.2, 0.25) is 0 Å². The maximum absolute atomic E-state index is 9.25. The van der Waals surface area contributed by atoms with E-state index in [0.29, 0.717) is 11.8 Å². The minimum absolute atomic E-state index is 0.302. The first-order valence-electron chi connectivity index (χ1n) is 6.36. The monoisotopic (exact) mass is 257 g/mol. The van der Waals surface area contributed by atoms with E-state index in [1.54, 1.807) is 19.2 Å². The van der Waals surface area contributed by atoms with Gasteiger partial charge in [-0.05, 0) is 43.2 Å². The van der Waals surface area contributed by atoms with Gasteiger partial charge in [-0.25, -0.2) is 0 Å². The maximum atomic E-state index is 9.25. The summed E-state index contributed by atoms with van der Waals surface area (Å²) in [6, 6.07) is 15.5. The Kier molecular flexibility index (Phi) is 4.29. The third kappa shape index (κ3) is 3.91. The zero-order chi connectivity index (χ0) is 13.7. The molecule has 0 aliphatic carbocycles. The van der Waals surface area contributed by atoms with Crippen molar-refractivity contribution in [2.45, 2.75) is 19.4 Å². The van der Waals surface area contributed by atoms with Gasteiger partial charge in [0.25, 0.3) is 0 Å². The highest BCUT2D eigenvalue weighted by molar-refractivity contribution is 5.49. The SMILES string of the molecule is COc1cccc(NC(C)Cc2ccc(O)cc2)c1. The predicted molar refractivity (Wildman–Crippen MR) is 77.9 cm³/mol. The van der Waals surface area contributed by atoms with E-state index in [-0.39, 0.29) is 0 Å². The Bertz CT molecular complexity index is 523. The lowest BCUT2D eigenvalue weighted by molar-refractivity contribution is 0.415. The average Bonchev–Trinajstić information content (AvgIpc) is 2.41. The summed E-state index contributed by atoms with van der Waals surface area (Å²) >= 11 is 0. The largest absolute Gasteiger partial charge is 0.508 e. The van der Waals surface area contributed by atoms with Crippen molar-refractivity contribution in [2.24, 2.45) is 0 Å². The molecule has 0 aliphatic heterocycles. The van der Waals surface area contributed by atoms with Crippen LogP contribution in [0.4, 0.5) is 5.69 Å². The minimum atomic E-state index is 0.302. The number of methoxy groups -OCH3 is 1. The summed E-state index contributed by atoms with van der Waals surface area (Å²) in [6.45, 7) is 2.13. The van der Waals surface area contributed by atoms with Gasteiger partial charge in [-0.1, -0.05) is 18.2 Å². The summed E-state index contributed by atoms with van der Waals surface area (Å²) in [5.74, 6) is 1.15. The lowest BCUT2D eigenvalue weighted by Gasteiger charge is -2.16. The highest BCUT2D eigenvalue weighted by atomic mass is 16.5. The van der Waals surface area contributed by atoms with Crippen LogP contribution >= 0.6 is 0 Å². The molecule has 0 fully saturated rings. The van der Waals surface area contributed by atoms with Gasteiger partial charge in [0, 0.05) is 17.8 Å². The third-order valence-electron chi connectivity index (χ3n) is 2.96. The van der Waals surface area contributed by atoms with Crippen molar-refractivity contribution in [1.29, 1.82) is 0 Å². The number of phenolic OH excluding ortho intramolecular Hbond substituents is 1. The van der Waals surface area contributed by atoms with Crippen LogP contribution in [0.15, 0.2) is 48.5 Å². The zero-order valence-electron chi connectivity index (χ0n) is 11.3. The second-order valence-corrected chi connectivity index (χ2v) is 4.65. The molecule has 19 heavy (non-hydrogen) atoms. The Morgan fingerprint density at radius 3 is 2.58 bits per heavy atom. The van der Waals surface area contributed by atoms with Crippen LogP contribution in [0.5, 0.6) is 11.5 Å². The topological polar surface area (TPSA) is 41.5 Å². The van der Waals surface area contributed by atoms with E-state index in [1.165, 1.54) is 5.56 Å². The normalized spacial score (nSPS) is 11.9. The molecule has 2 aromatic carbocycles. The number of nitrogens with one attached hydrogen (secondary N) is 1. The fourth-order valence-electron chi connectivity index (χ4n) is 2.03. The number of phenols is 1. The second kappa shape index (κ2) is 6.14. The molecule has 3 heteroatoms. The van der Waals surface area contributed by atoms with E-state index in [0.717, 1.165) is 17.9 Å². The maximum Gasteiger partial charge on any atom is 0.120 e. The van der Waals surface area contributed by atoms with Gasteiger partial charge in [0.05, 0.1) is 7.11 Å². The molecule has 1 atom stereocenters. The summed E-state index contributed by atoms with van der Waals surface area (Å²) < 4.78 is 5.20. The molecule has 3 nitrogen and oxygen atoms in total. The zero-order valence-corrected chi connectivity index (χ0v) is 11.3. The number of benzene rings is 2. The first-order valence-corrected chi connectivity index (χ1v) is 6.36. The van der Waals surface area contributed by atoms with Crippen LogP contribution in [-0.2, 0) is 6.42 Å². The van der Waals surface area contributed by atoms with Crippen molar-refractivity contribution in [1.82, 2.24) is 0 Å². The van der Waals surface area contributed by atoms with Crippen LogP contribution in [0, 0.1) is 0 Å². The Labute approximate surface area is 113 Å². The van der Waals surface area contributed by atoms with Crippen molar-refractivity contribution >= 4 is 5.69 Å². The smallest absolute Gasteiger partial charge is 0.120 e. The molecule has 2 aromatic rings. The summed E-state index contributed by atoms with van der Waals surface area (Å²) in [5, 5.41) is 12.7. The average molecular weight is 257 g/mol. The fraction of sp³-hybridized carbons (Fsp3) is 0.250. The molecule has 2 rings (SSSR count). The van der Waals surface area contributed by atoms with Gasteiger partial charge in [-0.2, -0.15) is 0 Å². The van der Waals surface area contributed by atoms with Gasteiger partial charge < -0.3 is 15.2 Å². The summed E-state index contributed by atoms with van der Waals surface area (Å²) in [4.78, 5) is 0. The summed E-state index contributed by atoms with van der Waals surface area (Å²) in [5.41, 5.74) is 2.24. The highest BCUT2D eigenvalue weighted by Crippen LogP contribution is 2.18. The van der Waals surface area contributed by atoms with E-state index in [9.17, 15) is 5.11 Å². The van der Waals surface area contributed by atoms with Crippen molar-refractivity contribution in [3.05, 3.63) is 54.1 Å². The molecule has 2 N–H and O–H groups in total. The van der Waals surface area contributed by atoms with Crippen LogP contribution < -0.4 is 10.1 Å². The van der Waals surface area contributed by atoms with Crippen molar-refractivity contribution in [2.75, 3.05) is 12.4 Å². The number of anilines is 1. The highest BCUT2D eigenvalue weighted by Gasteiger charge is 2.04. The van der Waals surface area contributed by atoms with E-state index in [1.807, 2.05) is 36.4 Å². The lowest BCUT2D eigenvalue weighted by Crippen LogP contribution is -2.17. The molecular weight excluding hydrogens is 238 g/mol. The lowest BCUT2D eigenvalue weighted by atomic mass is 10.1. The Hall–Kier alpha value is -2.16. The Balaban J connectivity index is 1.96. The van der Waals surface area contributed by atoms with E-state index < -0.39 is 0 Å². The number of aromatic hydroxyl groups is 1. The fourth-order valence-corrected chi connectivity index (χ4v) is 2.03. The van der Waals surface area contributed by atoms with Gasteiger partial charge in [-0.3, -0.25) is 0 Å². The molecule has 0 saturated heterocycles. The van der Waals surface area contributed by atoms with Crippen LogP contribution in [0.25, 0.3) is 0 Å². The molecule has 0 saturated carbocycles. The first kappa shape index (κ1) is 13.3. The number of hydrogen-bond donors (Lipinski definition) is 2. The summed E-state index contributed by atoms with van der Waals surface area (Å²) in [6.07, 6.45) is 0.900. The van der Waals surface area contributed by atoms with Crippen LogP contribution in [0.3, 0.4) is 0 Å². The molecule has 0 aromatic heterocycles. The standard InChI is InChI=1S/C16H19NO2/c1-12(10-13-6-8-15(18)9-7-13)17-14-4-3-5-16(11-14)19-2/h3-9,11-12,17-18H,10H2,1-2H3. The van der Waals surface area contributed by atoms with E-state index >= 15 is 0 Å². The number of ether oxygens (including phenoxy) is 1. The van der Waals surface area contributed by atoms with Gasteiger partial charge in [0.15, 0.2) is 0 Å².